The summed E-state index contributed by atoms with van der Waals surface area (Å²) in [5.41, 5.74) is 0. The van der Waals surface area contributed by atoms with E-state index in [4.69, 9.17) is 0 Å². The molecule has 5 nitrogen and oxygen atoms in total. The summed E-state index contributed by atoms with van der Waals surface area (Å²) in [6.07, 6.45) is 1.43. The van der Waals surface area contributed by atoms with Crippen molar-refractivity contribution in [2.45, 2.75) is 6.92 Å². The molecule has 0 spiro atoms. The Bertz CT molecular complexity index is 283. The summed E-state index contributed by atoms with van der Waals surface area (Å²) in [6.45, 7) is 2.86. The number of rotatable bonds is 2. The zero-order valence-electron chi connectivity index (χ0n) is 7.64. The maximum absolute atomic E-state index is 11.0. The second kappa shape index (κ2) is 4.06. The van der Waals surface area contributed by atoms with E-state index in [-0.39, 0.29) is 18.2 Å². The molecular formula is C7H14N2O3S. The molecule has 0 unspecified atom stereocenters. The Morgan fingerprint density at radius 1 is 1.46 bits per heavy atom. The Labute approximate surface area is 78.2 Å². The summed E-state index contributed by atoms with van der Waals surface area (Å²) < 4.78 is 22.9. The van der Waals surface area contributed by atoms with Crippen LogP contribution in [0.2, 0.25) is 0 Å². The fraction of sp³-hybridized carbons (Fsp3) is 0.857. The highest BCUT2D eigenvalue weighted by atomic mass is 32.2. The summed E-state index contributed by atoms with van der Waals surface area (Å²) in [4.78, 5) is 1.84. The first-order valence-electron chi connectivity index (χ1n) is 4.19. The van der Waals surface area contributed by atoms with Crippen LogP contribution in [0.25, 0.3) is 0 Å². The van der Waals surface area contributed by atoms with Gasteiger partial charge in [0.1, 0.15) is 6.21 Å². The molecule has 76 valence electrons. The van der Waals surface area contributed by atoms with Gasteiger partial charge in [-0.15, -0.1) is 0 Å². The molecule has 0 atom stereocenters. The molecule has 1 rings (SSSR count). The molecule has 13 heavy (non-hydrogen) atoms. The number of hydrogen-bond donors (Lipinski definition) is 0. The molecule has 0 aliphatic carbocycles. The summed E-state index contributed by atoms with van der Waals surface area (Å²) in [7, 11) is -2.83. The molecule has 0 bridgehead atoms. The lowest BCUT2D eigenvalue weighted by molar-refractivity contribution is -0.478. The van der Waals surface area contributed by atoms with Crippen LogP contribution in [0.4, 0.5) is 0 Å². The third-order valence-corrected chi connectivity index (χ3v) is 3.67. The molecule has 0 aromatic heterocycles. The van der Waals surface area contributed by atoms with E-state index in [9.17, 15) is 13.6 Å². The Morgan fingerprint density at radius 2 is 2.00 bits per heavy atom. The first-order chi connectivity index (χ1) is 6.03. The standard InChI is InChI=1S/C7H14N2O3S/c1-2-9(10)7-8-3-5-13(11,12)6-4-8/h2H,3-7H2,1H3/b9-2-. The van der Waals surface area contributed by atoms with Gasteiger partial charge in [-0.2, -0.15) is 0 Å². The van der Waals surface area contributed by atoms with Gasteiger partial charge in [-0.05, 0) is 0 Å². The molecule has 0 saturated carbocycles. The predicted octanol–water partition coefficient (Wildman–Crippen LogP) is -0.725. The molecule has 0 aromatic carbocycles. The van der Waals surface area contributed by atoms with Gasteiger partial charge in [-0.3, -0.25) is 0 Å². The van der Waals surface area contributed by atoms with Gasteiger partial charge in [0.05, 0.1) is 11.5 Å². The minimum Gasteiger partial charge on any atom is -0.623 e. The van der Waals surface area contributed by atoms with Gasteiger partial charge < -0.3 is 5.21 Å². The van der Waals surface area contributed by atoms with E-state index in [1.165, 1.54) is 6.21 Å². The maximum Gasteiger partial charge on any atom is 0.209 e. The normalized spacial score (nSPS) is 24.5. The zero-order chi connectivity index (χ0) is 9.90. The summed E-state index contributed by atoms with van der Waals surface area (Å²) in [6, 6.07) is 0. The van der Waals surface area contributed by atoms with Crippen molar-refractivity contribution in [1.82, 2.24) is 4.90 Å². The van der Waals surface area contributed by atoms with Crippen LogP contribution in [0.15, 0.2) is 0 Å². The molecule has 1 aliphatic rings. The fourth-order valence-electron chi connectivity index (χ4n) is 1.17. The Morgan fingerprint density at radius 3 is 2.46 bits per heavy atom. The number of nitrogens with zero attached hydrogens (tertiary/aromatic N) is 2. The number of hydrogen-bond acceptors (Lipinski definition) is 4. The van der Waals surface area contributed by atoms with E-state index in [1.807, 2.05) is 4.90 Å². The van der Waals surface area contributed by atoms with E-state index in [1.54, 1.807) is 6.92 Å². The van der Waals surface area contributed by atoms with Gasteiger partial charge in [-0.1, -0.05) is 0 Å². The Balaban J connectivity index is 2.42. The van der Waals surface area contributed by atoms with Crippen LogP contribution < -0.4 is 0 Å². The van der Waals surface area contributed by atoms with Crippen LogP contribution in [0, 0.1) is 5.21 Å². The smallest absolute Gasteiger partial charge is 0.209 e. The molecule has 6 heteroatoms. The maximum atomic E-state index is 11.0. The fourth-order valence-corrected chi connectivity index (χ4v) is 2.45. The Kier molecular flexibility index (Phi) is 3.27. The third-order valence-electron chi connectivity index (χ3n) is 2.06. The van der Waals surface area contributed by atoms with Crippen LogP contribution in [-0.4, -0.2) is 55.5 Å². The Hall–Kier alpha value is -0.620. The van der Waals surface area contributed by atoms with Crippen LogP contribution in [0.5, 0.6) is 0 Å². The molecule has 0 aromatic rings. The molecular weight excluding hydrogens is 192 g/mol. The average molecular weight is 206 g/mol. The molecule has 1 heterocycles. The molecule has 0 radical (unpaired) electrons. The van der Waals surface area contributed by atoms with Crippen LogP contribution in [0.1, 0.15) is 6.92 Å². The summed E-state index contributed by atoms with van der Waals surface area (Å²) in [5.74, 6) is 0.342. The molecule has 0 amide bonds. The van der Waals surface area contributed by atoms with Crippen molar-refractivity contribution < 1.29 is 13.2 Å². The molecule has 1 aliphatic heterocycles. The first-order valence-corrected chi connectivity index (χ1v) is 6.02. The molecule has 1 fully saturated rings. The van der Waals surface area contributed by atoms with Gasteiger partial charge in [0.15, 0.2) is 9.84 Å². The lowest BCUT2D eigenvalue weighted by Gasteiger charge is -2.24. The highest BCUT2D eigenvalue weighted by molar-refractivity contribution is 7.91. The molecule has 1 saturated heterocycles. The quantitative estimate of drug-likeness (QED) is 0.259. The average Bonchev–Trinajstić information content (AvgIpc) is 2.08. The minimum atomic E-state index is -2.83. The van der Waals surface area contributed by atoms with E-state index >= 15 is 0 Å². The van der Waals surface area contributed by atoms with E-state index in [0.29, 0.717) is 13.1 Å². The lowest BCUT2D eigenvalue weighted by atomic mass is 10.5. The second-order valence-corrected chi connectivity index (χ2v) is 5.39. The van der Waals surface area contributed by atoms with Gasteiger partial charge in [-0.25, -0.2) is 18.1 Å². The number of sulfone groups is 1. The van der Waals surface area contributed by atoms with E-state index < -0.39 is 9.84 Å². The van der Waals surface area contributed by atoms with E-state index in [2.05, 4.69) is 0 Å². The minimum absolute atomic E-state index is 0.171. The van der Waals surface area contributed by atoms with Crippen molar-refractivity contribution in [1.29, 1.82) is 0 Å². The number of hydroxylamine groups is 1. The lowest BCUT2D eigenvalue weighted by Crippen LogP contribution is -2.42. The third kappa shape index (κ3) is 3.31. The van der Waals surface area contributed by atoms with Crippen LogP contribution >= 0.6 is 0 Å². The zero-order valence-corrected chi connectivity index (χ0v) is 8.46. The second-order valence-electron chi connectivity index (χ2n) is 3.09. The van der Waals surface area contributed by atoms with Crippen molar-refractivity contribution in [3.63, 3.8) is 0 Å². The highest BCUT2D eigenvalue weighted by Crippen LogP contribution is 2.02. The van der Waals surface area contributed by atoms with Crippen LogP contribution in [0.3, 0.4) is 0 Å². The highest BCUT2D eigenvalue weighted by Gasteiger charge is 2.22. The van der Waals surface area contributed by atoms with Crippen molar-refractivity contribution in [3.05, 3.63) is 5.21 Å². The van der Waals surface area contributed by atoms with Crippen molar-refractivity contribution >= 4 is 16.1 Å². The van der Waals surface area contributed by atoms with Crippen molar-refractivity contribution in [3.8, 4) is 0 Å². The van der Waals surface area contributed by atoms with Gasteiger partial charge in [0.2, 0.25) is 6.67 Å². The molecule has 0 N–H and O–H groups in total. The van der Waals surface area contributed by atoms with Gasteiger partial charge in [0, 0.05) is 20.0 Å². The summed E-state index contributed by atoms with van der Waals surface area (Å²) in [5, 5.41) is 10.9. The van der Waals surface area contributed by atoms with Crippen molar-refractivity contribution in [2.75, 3.05) is 31.3 Å². The SMILES string of the molecule is C/C=[N+](\[O-])CN1CCS(=O)(=O)CC1. The van der Waals surface area contributed by atoms with Gasteiger partial charge in [0.25, 0.3) is 0 Å². The van der Waals surface area contributed by atoms with E-state index in [0.717, 1.165) is 4.74 Å². The monoisotopic (exact) mass is 206 g/mol. The first kappa shape index (κ1) is 10.5. The predicted molar refractivity (Wildman–Crippen MR) is 50.5 cm³/mol. The van der Waals surface area contributed by atoms with Gasteiger partial charge >= 0.3 is 0 Å². The van der Waals surface area contributed by atoms with Crippen molar-refractivity contribution in [2.24, 2.45) is 0 Å². The summed E-state index contributed by atoms with van der Waals surface area (Å²) >= 11 is 0. The topological polar surface area (TPSA) is 63.5 Å². The van der Waals surface area contributed by atoms with Crippen LogP contribution in [-0.2, 0) is 9.84 Å². The largest absolute Gasteiger partial charge is 0.623 e.